The van der Waals surface area contributed by atoms with Gasteiger partial charge in [-0.1, -0.05) is 46.4 Å². The first kappa shape index (κ1) is 29.3. The molecule has 11 heteroatoms. The summed E-state index contributed by atoms with van der Waals surface area (Å²) in [4.78, 5) is 59.1. The van der Waals surface area contributed by atoms with Gasteiger partial charge in [0.15, 0.2) is 0 Å². The lowest BCUT2D eigenvalue weighted by Gasteiger charge is -2.25. The molecule has 0 spiro atoms. The standard InChI is InChI=1S/C31H31N3O7S/c1-20-18-21(2)27(22(3)19-20)42(39,40)34(16-8-14-32-28(35)23-10-4-5-11-24(23)29(32)36)41-17-9-15-33-30(37)25-12-6-7-13-26(25)31(33)38/h4-7,10-13,18-19H,8-9,14-17H2,1-3H3. The van der Waals surface area contributed by atoms with Crippen LogP contribution in [-0.4, -0.2) is 72.6 Å². The summed E-state index contributed by atoms with van der Waals surface area (Å²) in [7, 11) is -4.15. The highest BCUT2D eigenvalue weighted by atomic mass is 32.2. The van der Waals surface area contributed by atoms with Crippen molar-refractivity contribution in [2.75, 3.05) is 26.2 Å². The number of hydroxylamine groups is 1. The van der Waals surface area contributed by atoms with Crippen molar-refractivity contribution in [3.63, 3.8) is 0 Å². The van der Waals surface area contributed by atoms with E-state index in [2.05, 4.69) is 0 Å². The number of hydrogen-bond acceptors (Lipinski definition) is 7. The van der Waals surface area contributed by atoms with Crippen molar-refractivity contribution < 1.29 is 32.4 Å². The van der Waals surface area contributed by atoms with E-state index in [1.807, 2.05) is 6.92 Å². The molecule has 0 unspecified atom stereocenters. The number of amides is 4. The van der Waals surface area contributed by atoms with Crippen LogP contribution in [0.25, 0.3) is 0 Å². The van der Waals surface area contributed by atoms with Gasteiger partial charge in [-0.05, 0) is 69.0 Å². The molecule has 0 radical (unpaired) electrons. The fourth-order valence-corrected chi connectivity index (χ4v) is 7.28. The Kier molecular flexibility index (Phi) is 8.09. The average Bonchev–Trinajstić information content (AvgIpc) is 3.33. The maximum absolute atomic E-state index is 13.9. The second-order valence-corrected chi connectivity index (χ2v) is 12.2. The minimum Gasteiger partial charge on any atom is -0.284 e. The first-order valence-electron chi connectivity index (χ1n) is 13.7. The quantitative estimate of drug-likeness (QED) is 0.189. The Morgan fingerprint density at radius 1 is 0.667 bits per heavy atom. The average molecular weight is 590 g/mol. The van der Waals surface area contributed by atoms with E-state index >= 15 is 0 Å². The van der Waals surface area contributed by atoms with Gasteiger partial charge in [0.2, 0.25) is 0 Å². The molecule has 0 fully saturated rings. The number of aryl methyl sites for hydroxylation is 3. The van der Waals surface area contributed by atoms with Crippen molar-refractivity contribution in [2.24, 2.45) is 0 Å². The number of rotatable bonds is 11. The third-order valence-electron chi connectivity index (χ3n) is 7.37. The number of fused-ring (bicyclic) bond motifs is 2. The summed E-state index contributed by atoms with van der Waals surface area (Å²) in [5.74, 6) is -1.63. The Morgan fingerprint density at radius 3 is 1.50 bits per heavy atom. The summed E-state index contributed by atoms with van der Waals surface area (Å²) in [5, 5.41) is 0. The Bertz CT molecular complexity index is 1620. The van der Waals surface area contributed by atoms with E-state index in [-0.39, 0.29) is 44.0 Å². The highest BCUT2D eigenvalue weighted by molar-refractivity contribution is 7.89. The van der Waals surface area contributed by atoms with E-state index in [0.717, 1.165) is 19.8 Å². The van der Waals surface area contributed by atoms with Crippen molar-refractivity contribution in [1.29, 1.82) is 0 Å². The van der Waals surface area contributed by atoms with Gasteiger partial charge in [-0.2, -0.15) is 0 Å². The molecule has 2 aliphatic rings. The molecule has 3 aromatic carbocycles. The van der Waals surface area contributed by atoms with Gasteiger partial charge >= 0.3 is 0 Å². The molecule has 0 saturated heterocycles. The topological polar surface area (TPSA) is 121 Å². The van der Waals surface area contributed by atoms with Gasteiger partial charge in [-0.3, -0.25) is 33.8 Å². The first-order valence-corrected chi connectivity index (χ1v) is 15.1. The van der Waals surface area contributed by atoms with Gasteiger partial charge in [0.05, 0.1) is 33.8 Å². The van der Waals surface area contributed by atoms with Crippen LogP contribution in [0.4, 0.5) is 0 Å². The Balaban J connectivity index is 1.29. The Labute approximate surface area is 244 Å². The minimum atomic E-state index is -4.15. The summed E-state index contributed by atoms with van der Waals surface area (Å²) in [5.41, 5.74) is 3.37. The molecule has 218 valence electrons. The van der Waals surface area contributed by atoms with Crippen LogP contribution >= 0.6 is 0 Å². The fourth-order valence-electron chi connectivity index (χ4n) is 5.56. The molecule has 10 nitrogen and oxygen atoms in total. The molecule has 0 N–H and O–H groups in total. The summed E-state index contributed by atoms with van der Waals surface area (Å²) < 4.78 is 28.6. The van der Waals surface area contributed by atoms with Crippen LogP contribution in [0.1, 0.15) is 71.0 Å². The zero-order valence-corrected chi connectivity index (χ0v) is 24.4. The van der Waals surface area contributed by atoms with Gasteiger partial charge in [-0.15, -0.1) is 0 Å². The number of sulfonamides is 1. The molecule has 0 atom stereocenters. The summed E-state index contributed by atoms with van der Waals surface area (Å²) >= 11 is 0. The predicted molar refractivity (Wildman–Crippen MR) is 153 cm³/mol. The van der Waals surface area contributed by atoms with Crippen molar-refractivity contribution in [3.8, 4) is 0 Å². The molecule has 42 heavy (non-hydrogen) atoms. The number of hydrogen-bond donors (Lipinski definition) is 0. The number of carbonyl (C=O) groups excluding carboxylic acids is 4. The largest absolute Gasteiger partial charge is 0.284 e. The van der Waals surface area contributed by atoms with E-state index in [1.165, 1.54) is 0 Å². The molecule has 2 aliphatic heterocycles. The number of nitrogens with zero attached hydrogens (tertiary/aromatic N) is 3. The SMILES string of the molecule is Cc1cc(C)c(S(=O)(=O)N(CCCN2C(=O)c3ccccc3C2=O)OCCCN2C(=O)c3ccccc3C2=O)c(C)c1. The summed E-state index contributed by atoms with van der Waals surface area (Å²) in [6, 6.07) is 16.7. The van der Waals surface area contributed by atoms with Crippen molar-refractivity contribution >= 4 is 33.7 Å². The van der Waals surface area contributed by atoms with Crippen molar-refractivity contribution in [1.82, 2.24) is 14.3 Å². The molecule has 0 aliphatic carbocycles. The van der Waals surface area contributed by atoms with Crippen LogP contribution in [-0.2, 0) is 14.9 Å². The maximum Gasteiger partial charge on any atom is 0.265 e. The van der Waals surface area contributed by atoms with Crippen molar-refractivity contribution in [3.05, 3.63) is 99.6 Å². The van der Waals surface area contributed by atoms with Crippen LogP contribution in [0.2, 0.25) is 0 Å². The van der Waals surface area contributed by atoms with Gasteiger partial charge in [0, 0.05) is 19.6 Å². The monoisotopic (exact) mass is 589 g/mol. The van der Waals surface area contributed by atoms with Crippen LogP contribution in [0.5, 0.6) is 0 Å². The van der Waals surface area contributed by atoms with E-state index < -0.39 is 33.7 Å². The Morgan fingerprint density at radius 2 is 1.07 bits per heavy atom. The lowest BCUT2D eigenvalue weighted by atomic mass is 10.1. The normalized spacial score (nSPS) is 14.8. The molecule has 0 aromatic heterocycles. The van der Waals surface area contributed by atoms with E-state index in [1.54, 1.807) is 74.5 Å². The lowest BCUT2D eigenvalue weighted by molar-refractivity contribution is -0.0868. The van der Waals surface area contributed by atoms with E-state index in [4.69, 9.17) is 4.84 Å². The molecule has 2 heterocycles. The molecular weight excluding hydrogens is 558 g/mol. The van der Waals surface area contributed by atoms with Crippen LogP contribution in [0.15, 0.2) is 65.6 Å². The smallest absolute Gasteiger partial charge is 0.265 e. The van der Waals surface area contributed by atoms with Gasteiger partial charge in [-0.25, -0.2) is 8.42 Å². The summed E-state index contributed by atoms with van der Waals surface area (Å²) in [6.07, 6.45) is 0.328. The van der Waals surface area contributed by atoms with Gasteiger partial charge < -0.3 is 0 Å². The fraction of sp³-hybridized carbons (Fsp3) is 0.290. The summed E-state index contributed by atoms with van der Waals surface area (Å²) in [6.45, 7) is 5.14. The minimum absolute atomic E-state index is 0.00261. The predicted octanol–water partition coefficient (Wildman–Crippen LogP) is 3.91. The molecule has 0 bridgehead atoms. The molecule has 0 saturated carbocycles. The molecule has 4 amide bonds. The molecule has 5 rings (SSSR count). The second-order valence-electron chi connectivity index (χ2n) is 10.4. The van der Waals surface area contributed by atoms with Gasteiger partial charge in [0.25, 0.3) is 33.7 Å². The Hall–Kier alpha value is -4.19. The third kappa shape index (κ3) is 5.26. The number of benzene rings is 3. The lowest BCUT2D eigenvalue weighted by Crippen LogP contribution is -2.37. The zero-order chi connectivity index (χ0) is 30.2. The van der Waals surface area contributed by atoms with Crippen molar-refractivity contribution in [2.45, 2.75) is 38.5 Å². The highest BCUT2D eigenvalue weighted by Crippen LogP contribution is 2.27. The van der Waals surface area contributed by atoms with Crippen LogP contribution < -0.4 is 0 Å². The molecular formula is C31H31N3O7S. The molecule has 3 aromatic rings. The highest BCUT2D eigenvalue weighted by Gasteiger charge is 2.37. The number of carbonyl (C=O) groups is 4. The second kappa shape index (κ2) is 11.6. The van der Waals surface area contributed by atoms with Gasteiger partial charge in [0.1, 0.15) is 0 Å². The maximum atomic E-state index is 13.9. The van der Waals surface area contributed by atoms with Crippen LogP contribution in [0.3, 0.4) is 0 Å². The first-order chi connectivity index (χ1) is 20.0. The van der Waals surface area contributed by atoms with E-state index in [9.17, 15) is 27.6 Å². The number of imide groups is 2. The third-order valence-corrected chi connectivity index (χ3v) is 9.35. The van der Waals surface area contributed by atoms with E-state index in [0.29, 0.717) is 33.4 Å². The van der Waals surface area contributed by atoms with Crippen LogP contribution in [0, 0.1) is 20.8 Å². The zero-order valence-electron chi connectivity index (χ0n) is 23.6.